The number of methoxy groups -OCH3 is 1. The van der Waals surface area contributed by atoms with Crippen LogP contribution in [0.1, 0.15) is 22.6 Å². The molecular weight excluding hydrogens is 410 g/mol. The lowest BCUT2D eigenvalue weighted by Crippen LogP contribution is -2.25. The molecule has 4 rings (SSSR count). The van der Waals surface area contributed by atoms with Crippen LogP contribution in [0.2, 0.25) is 0 Å². The monoisotopic (exact) mass is 429 g/mol. The number of anilines is 1. The third-order valence-corrected chi connectivity index (χ3v) is 6.48. The molecule has 156 valence electrons. The summed E-state index contributed by atoms with van der Waals surface area (Å²) < 4.78 is 41.1. The van der Waals surface area contributed by atoms with Crippen molar-refractivity contribution in [3.8, 4) is 17.2 Å². The van der Waals surface area contributed by atoms with Gasteiger partial charge in [-0.05, 0) is 48.9 Å². The molecular formula is C20H19N3O6S. The highest BCUT2D eigenvalue weighted by atomic mass is 32.2. The Bertz CT molecular complexity index is 1160. The van der Waals surface area contributed by atoms with E-state index >= 15 is 0 Å². The third-order valence-electron chi connectivity index (χ3n) is 4.61. The van der Waals surface area contributed by atoms with Gasteiger partial charge in [-0.25, -0.2) is 13.2 Å². The number of hydrogen-bond acceptors (Lipinski definition) is 8. The van der Waals surface area contributed by atoms with E-state index < -0.39 is 16.0 Å². The van der Waals surface area contributed by atoms with Gasteiger partial charge in [0.15, 0.2) is 6.61 Å². The van der Waals surface area contributed by atoms with Crippen molar-refractivity contribution in [3.63, 3.8) is 0 Å². The predicted octanol–water partition coefficient (Wildman–Crippen LogP) is 2.64. The Morgan fingerprint density at radius 3 is 2.70 bits per heavy atom. The number of benzene rings is 2. The minimum atomic E-state index is -3.33. The van der Waals surface area contributed by atoms with Crippen LogP contribution in [0.4, 0.5) is 5.69 Å². The fourth-order valence-electron chi connectivity index (χ4n) is 3.09. The van der Waals surface area contributed by atoms with Crippen LogP contribution in [0.25, 0.3) is 11.5 Å². The van der Waals surface area contributed by atoms with Crippen LogP contribution in [-0.4, -0.2) is 43.9 Å². The fraction of sp³-hybridized carbons (Fsp3) is 0.250. The van der Waals surface area contributed by atoms with Crippen molar-refractivity contribution >= 4 is 21.7 Å². The van der Waals surface area contributed by atoms with Crippen molar-refractivity contribution < 1.29 is 27.2 Å². The summed E-state index contributed by atoms with van der Waals surface area (Å²) in [4.78, 5) is 16.6. The lowest BCUT2D eigenvalue weighted by molar-refractivity contribution is 0.0459. The summed E-state index contributed by atoms with van der Waals surface area (Å²) in [6, 6.07) is 13.4. The van der Waals surface area contributed by atoms with Gasteiger partial charge in [-0.2, -0.15) is 4.98 Å². The summed E-state index contributed by atoms with van der Waals surface area (Å²) in [7, 11) is -1.75. The summed E-state index contributed by atoms with van der Waals surface area (Å²) in [5, 5.41) is 3.82. The molecule has 0 amide bonds. The molecule has 9 nitrogen and oxygen atoms in total. The van der Waals surface area contributed by atoms with Gasteiger partial charge in [-0.15, -0.1) is 0 Å². The largest absolute Gasteiger partial charge is 0.497 e. The number of sulfonamides is 1. The van der Waals surface area contributed by atoms with Gasteiger partial charge in [-0.1, -0.05) is 11.2 Å². The summed E-state index contributed by atoms with van der Waals surface area (Å²) in [5.74, 6) is 0.716. The number of carbonyl (C=O) groups excluding carboxylic acids is 1. The maximum Gasteiger partial charge on any atom is 0.338 e. The van der Waals surface area contributed by atoms with E-state index in [2.05, 4.69) is 10.1 Å². The lowest BCUT2D eigenvalue weighted by Gasteiger charge is -2.17. The van der Waals surface area contributed by atoms with Crippen molar-refractivity contribution in [2.45, 2.75) is 13.0 Å². The van der Waals surface area contributed by atoms with Gasteiger partial charge in [0, 0.05) is 12.1 Å². The first kappa shape index (κ1) is 19.9. The molecule has 2 heterocycles. The molecule has 0 saturated carbocycles. The van der Waals surface area contributed by atoms with E-state index in [1.54, 1.807) is 49.6 Å². The van der Waals surface area contributed by atoms with Crippen LogP contribution in [0.15, 0.2) is 53.1 Å². The van der Waals surface area contributed by atoms with Gasteiger partial charge >= 0.3 is 5.97 Å². The highest BCUT2D eigenvalue weighted by molar-refractivity contribution is 7.93. The molecule has 1 aliphatic heterocycles. The first-order valence-corrected chi connectivity index (χ1v) is 10.8. The van der Waals surface area contributed by atoms with Gasteiger partial charge in [0.1, 0.15) is 5.75 Å². The molecule has 30 heavy (non-hydrogen) atoms. The smallest absolute Gasteiger partial charge is 0.338 e. The second kappa shape index (κ2) is 8.15. The van der Waals surface area contributed by atoms with Gasteiger partial charge in [0.05, 0.1) is 24.1 Å². The van der Waals surface area contributed by atoms with Crippen molar-refractivity contribution in [2.24, 2.45) is 0 Å². The van der Waals surface area contributed by atoms with Gasteiger partial charge in [0.2, 0.25) is 15.8 Å². The van der Waals surface area contributed by atoms with E-state index in [9.17, 15) is 13.2 Å². The molecule has 1 aromatic heterocycles. The van der Waals surface area contributed by atoms with Crippen molar-refractivity contribution in [1.82, 2.24) is 10.1 Å². The van der Waals surface area contributed by atoms with Crippen molar-refractivity contribution in [2.75, 3.05) is 23.7 Å². The van der Waals surface area contributed by atoms with Gasteiger partial charge in [-0.3, -0.25) is 4.31 Å². The number of aromatic nitrogens is 2. The van der Waals surface area contributed by atoms with E-state index in [4.69, 9.17) is 14.0 Å². The summed E-state index contributed by atoms with van der Waals surface area (Å²) in [6.45, 7) is 0.225. The van der Waals surface area contributed by atoms with Crippen LogP contribution in [0.3, 0.4) is 0 Å². The van der Waals surface area contributed by atoms with Crippen LogP contribution < -0.4 is 9.04 Å². The SMILES string of the molecule is COc1ccc(-c2nc(COC(=O)c3cccc(N4CCCS4(=O)=O)c3)no2)cc1. The van der Waals surface area contributed by atoms with E-state index in [1.807, 2.05) is 0 Å². The number of ether oxygens (including phenoxy) is 2. The van der Waals surface area contributed by atoms with Crippen LogP contribution >= 0.6 is 0 Å². The summed E-state index contributed by atoms with van der Waals surface area (Å²) in [5.41, 5.74) is 1.40. The Balaban J connectivity index is 1.42. The van der Waals surface area contributed by atoms with E-state index in [0.717, 1.165) is 0 Å². The zero-order chi connectivity index (χ0) is 21.1. The first-order chi connectivity index (χ1) is 14.5. The minimum Gasteiger partial charge on any atom is -0.497 e. The van der Waals surface area contributed by atoms with E-state index in [-0.39, 0.29) is 23.7 Å². The van der Waals surface area contributed by atoms with Gasteiger partial charge in [0.25, 0.3) is 5.89 Å². The Morgan fingerprint density at radius 1 is 1.20 bits per heavy atom. The van der Waals surface area contributed by atoms with Gasteiger partial charge < -0.3 is 14.0 Å². The lowest BCUT2D eigenvalue weighted by atomic mass is 10.2. The molecule has 0 spiro atoms. The normalized spacial score (nSPS) is 15.2. The molecule has 0 bridgehead atoms. The molecule has 0 unspecified atom stereocenters. The average molecular weight is 429 g/mol. The quantitative estimate of drug-likeness (QED) is 0.550. The van der Waals surface area contributed by atoms with E-state index in [0.29, 0.717) is 35.9 Å². The molecule has 10 heteroatoms. The molecule has 1 aliphatic rings. The highest BCUT2D eigenvalue weighted by Crippen LogP contribution is 2.25. The second-order valence-corrected chi connectivity index (χ2v) is 8.63. The molecule has 0 radical (unpaired) electrons. The number of carbonyl (C=O) groups is 1. The average Bonchev–Trinajstić information content (AvgIpc) is 3.38. The summed E-state index contributed by atoms with van der Waals surface area (Å²) >= 11 is 0. The molecule has 0 N–H and O–H groups in total. The predicted molar refractivity (Wildman–Crippen MR) is 108 cm³/mol. The summed E-state index contributed by atoms with van der Waals surface area (Å²) in [6.07, 6.45) is 0.561. The van der Waals surface area contributed by atoms with Crippen LogP contribution in [0, 0.1) is 0 Å². The molecule has 1 saturated heterocycles. The molecule has 3 aromatic rings. The molecule has 0 aliphatic carbocycles. The number of nitrogens with zero attached hydrogens (tertiary/aromatic N) is 3. The maximum atomic E-state index is 12.4. The maximum absolute atomic E-state index is 12.4. The molecule has 1 fully saturated rings. The highest BCUT2D eigenvalue weighted by Gasteiger charge is 2.28. The Hall–Kier alpha value is -3.40. The van der Waals surface area contributed by atoms with Crippen molar-refractivity contribution in [3.05, 3.63) is 59.9 Å². The second-order valence-electron chi connectivity index (χ2n) is 6.61. The topological polar surface area (TPSA) is 112 Å². The Kier molecular flexibility index (Phi) is 5.40. The zero-order valence-corrected chi connectivity index (χ0v) is 17.0. The third kappa shape index (κ3) is 4.13. The van der Waals surface area contributed by atoms with Crippen LogP contribution in [-0.2, 0) is 21.4 Å². The number of rotatable bonds is 6. The van der Waals surface area contributed by atoms with Crippen molar-refractivity contribution in [1.29, 1.82) is 0 Å². The molecule has 2 aromatic carbocycles. The zero-order valence-electron chi connectivity index (χ0n) is 16.1. The van der Waals surface area contributed by atoms with E-state index in [1.165, 1.54) is 10.4 Å². The van der Waals surface area contributed by atoms with Crippen LogP contribution in [0.5, 0.6) is 5.75 Å². The Labute approximate surface area is 173 Å². The first-order valence-electron chi connectivity index (χ1n) is 9.21. The standard InChI is InChI=1S/C20H19N3O6S/c1-27-17-8-6-14(7-9-17)19-21-18(22-29-19)13-28-20(24)15-4-2-5-16(12-15)23-10-3-11-30(23,25)26/h2,4-9,12H,3,10-11,13H2,1H3. The number of hydrogen-bond donors (Lipinski definition) is 0. The Morgan fingerprint density at radius 2 is 2.00 bits per heavy atom. The molecule has 0 atom stereocenters. The fourth-order valence-corrected chi connectivity index (χ4v) is 4.65. The number of esters is 1. The minimum absolute atomic E-state index is 0.107.